The lowest BCUT2D eigenvalue weighted by Crippen LogP contribution is -2.12. The highest BCUT2D eigenvalue weighted by Gasteiger charge is 2.07. The van der Waals surface area contributed by atoms with Crippen LogP contribution in [0.3, 0.4) is 0 Å². The maximum Gasteiger partial charge on any atom is 0.106 e. The first-order valence-electron chi connectivity index (χ1n) is 4.12. The third kappa shape index (κ3) is 3.28. The van der Waals surface area contributed by atoms with E-state index in [1.54, 1.807) is 0 Å². The van der Waals surface area contributed by atoms with E-state index in [9.17, 15) is 0 Å². The van der Waals surface area contributed by atoms with Gasteiger partial charge < -0.3 is 5.73 Å². The summed E-state index contributed by atoms with van der Waals surface area (Å²) in [6.45, 7) is 5.79. The van der Waals surface area contributed by atoms with Crippen LogP contribution in [0.1, 0.15) is 25.1 Å². The number of halogens is 1. The van der Waals surface area contributed by atoms with Crippen LogP contribution in [0.4, 0.5) is 0 Å². The smallest absolute Gasteiger partial charge is 0.106 e. The molecule has 0 amide bonds. The Bertz CT molecular complexity index is 310. The average Bonchev–Trinajstić information content (AvgIpc) is 2.03. The fraction of sp³-hybridized carbons (Fsp3) is 0.300. The van der Waals surface area contributed by atoms with Gasteiger partial charge >= 0.3 is 0 Å². The molecule has 1 rings (SSSR count). The Morgan fingerprint density at radius 2 is 2.38 bits per heavy atom. The molecule has 0 spiro atoms. The zero-order valence-electron chi connectivity index (χ0n) is 7.63. The van der Waals surface area contributed by atoms with E-state index in [4.69, 9.17) is 5.73 Å². The van der Waals surface area contributed by atoms with E-state index >= 15 is 0 Å². The molecule has 1 atom stereocenters. The molecule has 1 aromatic heterocycles. The highest BCUT2D eigenvalue weighted by molar-refractivity contribution is 9.10. The monoisotopic (exact) mass is 240 g/mol. The number of rotatable bonds is 3. The molecule has 0 radical (unpaired) electrons. The number of hydrogen-bond donors (Lipinski definition) is 1. The van der Waals surface area contributed by atoms with Gasteiger partial charge in [-0.3, -0.25) is 0 Å². The lowest BCUT2D eigenvalue weighted by molar-refractivity contribution is 0.690. The molecule has 13 heavy (non-hydrogen) atoms. The SMILES string of the molecule is C=C(C)CC(N)c1cccc(Br)n1. The summed E-state index contributed by atoms with van der Waals surface area (Å²) in [5.74, 6) is 0. The van der Waals surface area contributed by atoms with Crippen LogP contribution < -0.4 is 5.73 Å². The van der Waals surface area contributed by atoms with Crippen LogP contribution in [-0.4, -0.2) is 4.98 Å². The van der Waals surface area contributed by atoms with E-state index in [0.29, 0.717) is 0 Å². The first-order chi connectivity index (χ1) is 6.09. The standard InChI is InChI=1S/C10H13BrN2/c1-7(2)6-8(12)9-4-3-5-10(11)13-9/h3-5,8H,1,6,12H2,2H3. The van der Waals surface area contributed by atoms with E-state index in [-0.39, 0.29) is 6.04 Å². The van der Waals surface area contributed by atoms with Crippen LogP contribution in [0.5, 0.6) is 0 Å². The predicted octanol–water partition coefficient (Wildman–Crippen LogP) is 2.81. The van der Waals surface area contributed by atoms with E-state index in [1.165, 1.54) is 0 Å². The van der Waals surface area contributed by atoms with Crippen LogP contribution in [0.15, 0.2) is 35.0 Å². The van der Waals surface area contributed by atoms with Gasteiger partial charge in [-0.2, -0.15) is 0 Å². The van der Waals surface area contributed by atoms with Crippen molar-refractivity contribution in [2.75, 3.05) is 0 Å². The second kappa shape index (κ2) is 4.53. The molecule has 0 aliphatic rings. The van der Waals surface area contributed by atoms with Crippen molar-refractivity contribution in [1.82, 2.24) is 4.98 Å². The maximum absolute atomic E-state index is 5.92. The second-order valence-electron chi connectivity index (χ2n) is 3.15. The Morgan fingerprint density at radius 1 is 1.69 bits per heavy atom. The predicted molar refractivity (Wildman–Crippen MR) is 58.3 cm³/mol. The first kappa shape index (κ1) is 10.4. The third-order valence-corrected chi connectivity index (χ3v) is 2.13. The Labute approximate surface area is 87.0 Å². The molecule has 2 N–H and O–H groups in total. The number of hydrogen-bond acceptors (Lipinski definition) is 2. The Hall–Kier alpha value is -0.670. The summed E-state index contributed by atoms with van der Waals surface area (Å²) in [5.41, 5.74) is 7.90. The van der Waals surface area contributed by atoms with Crippen LogP contribution in [0, 0.1) is 0 Å². The lowest BCUT2D eigenvalue weighted by Gasteiger charge is -2.10. The van der Waals surface area contributed by atoms with Crippen LogP contribution in [-0.2, 0) is 0 Å². The van der Waals surface area contributed by atoms with E-state index in [0.717, 1.165) is 22.3 Å². The fourth-order valence-corrected chi connectivity index (χ4v) is 1.47. The molecule has 0 saturated heterocycles. The van der Waals surface area contributed by atoms with Gasteiger partial charge in [-0.05, 0) is 41.4 Å². The molecule has 0 aliphatic heterocycles. The van der Waals surface area contributed by atoms with Crippen molar-refractivity contribution >= 4 is 15.9 Å². The molecular weight excluding hydrogens is 228 g/mol. The van der Waals surface area contributed by atoms with E-state index < -0.39 is 0 Å². The summed E-state index contributed by atoms with van der Waals surface area (Å²) in [6, 6.07) is 5.70. The van der Waals surface area contributed by atoms with Crippen molar-refractivity contribution in [3.05, 3.63) is 40.6 Å². The first-order valence-corrected chi connectivity index (χ1v) is 4.91. The minimum absolute atomic E-state index is 0.0463. The van der Waals surface area contributed by atoms with Gasteiger partial charge in [0.25, 0.3) is 0 Å². The molecule has 0 fully saturated rings. The lowest BCUT2D eigenvalue weighted by atomic mass is 10.1. The average molecular weight is 241 g/mol. The van der Waals surface area contributed by atoms with Crippen molar-refractivity contribution in [2.24, 2.45) is 5.73 Å². The van der Waals surface area contributed by atoms with Gasteiger partial charge in [0.2, 0.25) is 0 Å². The summed E-state index contributed by atoms with van der Waals surface area (Å²) < 4.78 is 0.821. The summed E-state index contributed by atoms with van der Waals surface area (Å²) in [5, 5.41) is 0. The maximum atomic E-state index is 5.92. The van der Waals surface area contributed by atoms with Gasteiger partial charge in [-0.15, -0.1) is 6.58 Å². The van der Waals surface area contributed by atoms with Gasteiger partial charge in [0.15, 0.2) is 0 Å². The molecule has 0 aromatic carbocycles. The van der Waals surface area contributed by atoms with Crippen molar-refractivity contribution in [1.29, 1.82) is 0 Å². The summed E-state index contributed by atoms with van der Waals surface area (Å²) >= 11 is 3.31. The van der Waals surface area contributed by atoms with Gasteiger partial charge in [0.05, 0.1) is 11.7 Å². The van der Waals surface area contributed by atoms with Crippen molar-refractivity contribution < 1.29 is 0 Å². The van der Waals surface area contributed by atoms with E-state index in [1.807, 2.05) is 25.1 Å². The molecule has 0 saturated carbocycles. The number of nitrogens with two attached hydrogens (primary N) is 1. The van der Waals surface area contributed by atoms with Crippen molar-refractivity contribution in [3.8, 4) is 0 Å². The van der Waals surface area contributed by atoms with Gasteiger partial charge in [-0.1, -0.05) is 11.6 Å². The molecule has 0 bridgehead atoms. The van der Waals surface area contributed by atoms with Gasteiger partial charge in [0, 0.05) is 0 Å². The number of aromatic nitrogens is 1. The molecule has 1 unspecified atom stereocenters. The summed E-state index contributed by atoms with van der Waals surface area (Å²) in [7, 11) is 0. The molecule has 70 valence electrons. The molecule has 3 heteroatoms. The normalized spacial score (nSPS) is 12.5. The highest BCUT2D eigenvalue weighted by Crippen LogP contribution is 2.17. The Morgan fingerprint density at radius 3 is 2.92 bits per heavy atom. The van der Waals surface area contributed by atoms with E-state index in [2.05, 4.69) is 27.5 Å². The highest BCUT2D eigenvalue weighted by atomic mass is 79.9. The van der Waals surface area contributed by atoms with Crippen molar-refractivity contribution in [2.45, 2.75) is 19.4 Å². The van der Waals surface area contributed by atoms with Gasteiger partial charge in [0.1, 0.15) is 4.60 Å². The zero-order valence-corrected chi connectivity index (χ0v) is 9.21. The van der Waals surface area contributed by atoms with Gasteiger partial charge in [-0.25, -0.2) is 4.98 Å². The molecule has 1 heterocycles. The molecule has 1 aromatic rings. The van der Waals surface area contributed by atoms with Crippen LogP contribution in [0.25, 0.3) is 0 Å². The Balaban J connectivity index is 2.76. The van der Waals surface area contributed by atoms with Crippen molar-refractivity contribution in [3.63, 3.8) is 0 Å². The Kier molecular flexibility index (Phi) is 3.63. The summed E-state index contributed by atoms with van der Waals surface area (Å²) in [4.78, 5) is 4.28. The largest absolute Gasteiger partial charge is 0.322 e. The third-order valence-electron chi connectivity index (χ3n) is 1.68. The fourth-order valence-electron chi connectivity index (χ4n) is 1.11. The number of nitrogens with zero attached hydrogens (tertiary/aromatic N) is 1. The molecular formula is C10H13BrN2. The van der Waals surface area contributed by atoms with Crippen LogP contribution in [0.2, 0.25) is 0 Å². The minimum atomic E-state index is -0.0463. The molecule has 0 aliphatic carbocycles. The number of pyridine rings is 1. The second-order valence-corrected chi connectivity index (χ2v) is 3.97. The topological polar surface area (TPSA) is 38.9 Å². The van der Waals surface area contributed by atoms with Crippen LogP contribution >= 0.6 is 15.9 Å². The zero-order chi connectivity index (χ0) is 9.84. The molecule has 2 nitrogen and oxygen atoms in total. The summed E-state index contributed by atoms with van der Waals surface area (Å²) in [6.07, 6.45) is 0.781. The quantitative estimate of drug-likeness (QED) is 0.652. The minimum Gasteiger partial charge on any atom is -0.322 e.